The highest BCUT2D eigenvalue weighted by molar-refractivity contribution is 6.33. The third kappa shape index (κ3) is 9.76. The molecule has 344 valence electrons. The fraction of sp³-hybridized carbons (Fsp3) is 0.469. The molecule has 4 aliphatic rings. The summed E-state index contributed by atoms with van der Waals surface area (Å²) >= 11 is 0. The first-order valence-electron chi connectivity index (χ1n) is 21.3. The number of allylic oxidation sites excluding steroid dienone is 4. The maximum absolute atomic E-state index is 15.1. The van der Waals surface area contributed by atoms with Gasteiger partial charge in [-0.15, -0.1) is 0 Å². The Hall–Kier alpha value is -5.90. The van der Waals surface area contributed by atoms with Crippen LogP contribution in [0.3, 0.4) is 0 Å². The van der Waals surface area contributed by atoms with Crippen molar-refractivity contribution >= 4 is 40.9 Å². The van der Waals surface area contributed by atoms with Crippen LogP contribution in [0.5, 0.6) is 11.5 Å². The molecule has 9 atom stereocenters. The number of aryl methyl sites for hydroxylation is 1. The summed E-state index contributed by atoms with van der Waals surface area (Å²) in [6.07, 6.45) is 3.26. The number of anilines is 1. The van der Waals surface area contributed by atoms with Crippen molar-refractivity contribution in [2.75, 3.05) is 12.4 Å². The summed E-state index contributed by atoms with van der Waals surface area (Å²) in [6.45, 7) is 19.0. The lowest BCUT2D eigenvalue weighted by atomic mass is 9.78. The Morgan fingerprint density at radius 2 is 1.50 bits per heavy atom. The van der Waals surface area contributed by atoms with E-state index in [2.05, 4.69) is 10.6 Å². The number of esters is 2. The van der Waals surface area contributed by atoms with Crippen LogP contribution in [0.4, 0.5) is 5.69 Å². The molecule has 2 aromatic rings. The number of Topliss-reactive ketones (excluding diaryl/α,β-unsaturated/α-hetero) is 3. The van der Waals surface area contributed by atoms with E-state index in [1.165, 1.54) is 53.2 Å². The van der Waals surface area contributed by atoms with E-state index in [9.17, 15) is 29.4 Å². The van der Waals surface area contributed by atoms with Crippen molar-refractivity contribution in [1.29, 1.82) is 0 Å². The quantitative estimate of drug-likeness (QED) is 0.184. The van der Waals surface area contributed by atoms with E-state index in [0.717, 1.165) is 5.56 Å². The lowest BCUT2D eigenvalue weighted by molar-refractivity contribution is -0.160. The molecule has 4 N–H and O–H groups in total. The molecule has 1 aliphatic carbocycles. The van der Waals surface area contributed by atoms with Gasteiger partial charge < -0.3 is 44.5 Å². The van der Waals surface area contributed by atoms with Crippen LogP contribution in [0.1, 0.15) is 111 Å². The van der Waals surface area contributed by atoms with Crippen molar-refractivity contribution in [2.45, 2.75) is 113 Å². The van der Waals surface area contributed by atoms with E-state index in [-0.39, 0.29) is 33.9 Å². The van der Waals surface area contributed by atoms with Gasteiger partial charge in [0, 0.05) is 61.5 Å². The number of methoxy groups -OCH3 is 1. The van der Waals surface area contributed by atoms with Gasteiger partial charge in [-0.1, -0.05) is 63.6 Å². The first-order valence-corrected chi connectivity index (χ1v) is 21.3. The van der Waals surface area contributed by atoms with Crippen molar-refractivity contribution in [3.8, 4) is 11.5 Å². The molecule has 15 nitrogen and oxygen atoms in total. The number of hydrogen-bond donors (Lipinski definition) is 4. The van der Waals surface area contributed by atoms with Gasteiger partial charge >= 0.3 is 17.7 Å². The Morgan fingerprint density at radius 3 is 2.09 bits per heavy atom. The molecule has 64 heavy (non-hydrogen) atoms. The highest BCUT2D eigenvalue weighted by Crippen LogP contribution is 2.49. The van der Waals surface area contributed by atoms with Crippen molar-refractivity contribution in [2.24, 2.45) is 29.1 Å². The molecular weight excluding hydrogens is 825 g/mol. The molecule has 0 saturated heterocycles. The van der Waals surface area contributed by atoms with E-state index in [0.29, 0.717) is 5.69 Å². The number of rotatable bonds is 5. The van der Waals surface area contributed by atoms with Crippen LogP contribution in [0.25, 0.3) is 0 Å². The van der Waals surface area contributed by atoms with Crippen LogP contribution >= 0.6 is 0 Å². The number of benzene rings is 2. The molecule has 3 heterocycles. The molecular formula is C49H60N2O13. The van der Waals surface area contributed by atoms with Gasteiger partial charge in [0.15, 0.2) is 0 Å². The normalized spacial score (nSPS) is 28.0. The second-order valence-electron chi connectivity index (χ2n) is 18.2. The number of carbonyl (C=O) groups excluding carboxylic acids is 6. The zero-order valence-corrected chi connectivity index (χ0v) is 38.7. The molecule has 0 saturated carbocycles. The standard InChI is InChI=1S/C49H60N2O13/c1-23-17-19-31(20-18-23)50-36-37-41(56)34-33(40(36)55)35-44(29(7)43(34)63-47(59)48(9,10)11)64-49(12,45(35)57)61-22-21-32(60-13)26(4)42(62-30(8)52)28(6)39(54)27(5)38(53)24(2)15-14-16-25(3)46(58)51-37/h14-22,24,26-28,32,38-39,42,50,53-54H,1-13H3,(H,51,58)/t24-,26+,27+,28-,32-,38-,39-,42+,49-/m0/s1. The molecule has 0 unspecified atom stereocenters. The number of nitrogens with one attached hydrogen (secondary N) is 2. The van der Waals surface area contributed by atoms with Gasteiger partial charge in [-0.3, -0.25) is 28.8 Å². The van der Waals surface area contributed by atoms with Crippen molar-refractivity contribution in [3.63, 3.8) is 0 Å². The lowest BCUT2D eigenvalue weighted by Crippen LogP contribution is -2.46. The summed E-state index contributed by atoms with van der Waals surface area (Å²) in [5.41, 5.74) is -1.68. The van der Waals surface area contributed by atoms with Gasteiger partial charge in [-0.05, 0) is 59.8 Å². The molecule has 5 bridgehead atoms. The summed E-state index contributed by atoms with van der Waals surface area (Å²) in [7, 11) is 1.42. The number of aliphatic hydroxyl groups excluding tert-OH is 2. The van der Waals surface area contributed by atoms with Crippen molar-refractivity contribution in [1.82, 2.24) is 5.32 Å². The van der Waals surface area contributed by atoms with Crippen LogP contribution in [-0.4, -0.2) is 82.7 Å². The van der Waals surface area contributed by atoms with E-state index in [1.54, 1.807) is 84.9 Å². The van der Waals surface area contributed by atoms with Gasteiger partial charge in [0.05, 0.1) is 46.7 Å². The molecule has 15 heteroatoms. The monoisotopic (exact) mass is 884 g/mol. The predicted molar refractivity (Wildman–Crippen MR) is 236 cm³/mol. The highest BCUT2D eigenvalue weighted by atomic mass is 16.7. The maximum atomic E-state index is 15.1. The first kappa shape index (κ1) is 49.1. The SMILES string of the molecule is CO[C@H]1C=CO[C@@]2(C)Oc3c(C)c(OC(=O)C(C)(C)C)c4c(c3C2=O)C(=O)C(Nc2ccc(C)cc2)=C(NC(=O)C(C)=CC=C[C@H](C)[C@H](O)[C@@H](C)[C@H](O)[C@H](C)[C@H](OC(C)=O)[C@@H]1C)C4=O. The van der Waals surface area contributed by atoms with Gasteiger partial charge in [-0.25, -0.2) is 0 Å². The molecule has 0 spiro atoms. The number of aliphatic hydroxyl groups is 2. The Balaban J connectivity index is 1.76. The summed E-state index contributed by atoms with van der Waals surface area (Å²) in [6, 6.07) is 6.89. The molecule has 2 aromatic carbocycles. The van der Waals surface area contributed by atoms with Gasteiger partial charge in [0.1, 0.15) is 29.0 Å². The number of amides is 1. The van der Waals surface area contributed by atoms with E-state index in [1.807, 2.05) is 6.92 Å². The lowest BCUT2D eigenvalue weighted by Gasteiger charge is -2.38. The number of ether oxygens (including phenoxy) is 5. The van der Waals surface area contributed by atoms with Crippen LogP contribution in [0.2, 0.25) is 0 Å². The highest BCUT2D eigenvalue weighted by Gasteiger charge is 2.53. The smallest absolute Gasteiger partial charge is 0.316 e. The third-order valence-corrected chi connectivity index (χ3v) is 12.1. The number of fused-ring (bicyclic) bond motifs is 14. The van der Waals surface area contributed by atoms with Gasteiger partial charge in [0.2, 0.25) is 11.6 Å². The Morgan fingerprint density at radius 1 is 0.859 bits per heavy atom. The molecule has 6 rings (SSSR count). The number of hydrogen-bond acceptors (Lipinski definition) is 14. The van der Waals surface area contributed by atoms with E-state index < -0.39 is 111 Å². The maximum Gasteiger partial charge on any atom is 0.316 e. The van der Waals surface area contributed by atoms with Gasteiger partial charge in [0.25, 0.3) is 11.7 Å². The van der Waals surface area contributed by atoms with Crippen LogP contribution in [0.15, 0.2) is 71.8 Å². The fourth-order valence-corrected chi connectivity index (χ4v) is 7.95. The van der Waals surface area contributed by atoms with Crippen molar-refractivity contribution in [3.05, 3.63) is 99.6 Å². The Kier molecular flexibility index (Phi) is 14.6. The van der Waals surface area contributed by atoms with Gasteiger partial charge in [-0.2, -0.15) is 0 Å². The number of ketones is 3. The summed E-state index contributed by atoms with van der Waals surface area (Å²) in [4.78, 5) is 84.8. The average Bonchev–Trinajstić information content (AvgIpc) is 3.50. The van der Waals surface area contributed by atoms with E-state index in [4.69, 9.17) is 23.7 Å². The average molecular weight is 885 g/mol. The van der Waals surface area contributed by atoms with E-state index >= 15 is 9.59 Å². The zero-order chi connectivity index (χ0) is 47.7. The van der Waals surface area contributed by atoms with Crippen LogP contribution < -0.4 is 20.1 Å². The minimum absolute atomic E-state index is 0.0372. The zero-order valence-electron chi connectivity index (χ0n) is 38.7. The van der Waals surface area contributed by atoms with Crippen LogP contribution in [0, 0.1) is 42.9 Å². The number of carbonyl (C=O) groups is 6. The van der Waals surface area contributed by atoms with Crippen LogP contribution in [-0.2, 0) is 28.6 Å². The first-order chi connectivity index (χ1) is 29.8. The molecule has 0 fully saturated rings. The van der Waals surface area contributed by atoms with Crippen molar-refractivity contribution < 1.29 is 62.7 Å². The third-order valence-electron chi connectivity index (χ3n) is 12.1. The molecule has 1 amide bonds. The summed E-state index contributed by atoms with van der Waals surface area (Å²) < 4.78 is 29.8. The topological polar surface area (TPSA) is 213 Å². The Labute approximate surface area is 373 Å². The fourth-order valence-electron chi connectivity index (χ4n) is 7.95. The minimum Gasteiger partial charge on any atom is -0.462 e. The summed E-state index contributed by atoms with van der Waals surface area (Å²) in [5, 5.41) is 28.6. The molecule has 0 aromatic heterocycles. The summed E-state index contributed by atoms with van der Waals surface area (Å²) in [5.74, 6) is -10.1. The predicted octanol–water partition coefficient (Wildman–Crippen LogP) is 6.62. The second kappa shape index (κ2) is 19.1. The molecule has 0 radical (unpaired) electrons. The second-order valence-corrected chi connectivity index (χ2v) is 18.2. The molecule has 3 aliphatic heterocycles. The largest absolute Gasteiger partial charge is 0.462 e. The Bertz CT molecular complexity index is 2350. The minimum atomic E-state index is -2.15.